The highest BCUT2D eigenvalue weighted by molar-refractivity contribution is 9.10. The average molecular weight is 354 g/mol. The Kier molecular flexibility index (Phi) is 5.82. The predicted molar refractivity (Wildman–Crippen MR) is 88.5 cm³/mol. The average Bonchev–Trinajstić information content (AvgIpc) is 2.43. The Hall–Kier alpha value is -0.870. The van der Waals surface area contributed by atoms with Crippen molar-refractivity contribution in [2.45, 2.75) is 58.2 Å². The molecule has 1 fully saturated rings. The second-order valence-corrected chi connectivity index (χ2v) is 6.97. The number of benzene rings is 1. The first-order chi connectivity index (χ1) is 9.97. The number of nitrogens with zero attached hydrogens (tertiary/aromatic N) is 1. The maximum Gasteiger partial charge on any atom is 0.338 e. The third kappa shape index (κ3) is 4.55. The fourth-order valence-electron chi connectivity index (χ4n) is 3.04. The molecule has 3 nitrogen and oxygen atoms in total. The summed E-state index contributed by atoms with van der Waals surface area (Å²) in [4.78, 5) is 14.6. The van der Waals surface area contributed by atoms with Crippen LogP contribution in [0.15, 0.2) is 28.7 Å². The van der Waals surface area contributed by atoms with Gasteiger partial charge in [-0.2, -0.15) is 0 Å². The minimum Gasteiger partial charge on any atom is -0.458 e. The van der Waals surface area contributed by atoms with Crippen LogP contribution in [-0.4, -0.2) is 35.6 Å². The van der Waals surface area contributed by atoms with E-state index in [1.54, 1.807) is 12.1 Å². The first kappa shape index (κ1) is 16.5. The zero-order chi connectivity index (χ0) is 15.4. The quantitative estimate of drug-likeness (QED) is 0.757. The number of hydrogen-bond acceptors (Lipinski definition) is 3. The van der Waals surface area contributed by atoms with Crippen molar-refractivity contribution in [1.29, 1.82) is 0 Å². The Bertz CT molecular complexity index is 481. The van der Waals surface area contributed by atoms with Crippen LogP contribution in [0.5, 0.6) is 0 Å². The number of esters is 1. The fraction of sp³-hybridized carbons (Fsp3) is 0.588. The molecule has 1 heterocycles. The largest absolute Gasteiger partial charge is 0.458 e. The lowest BCUT2D eigenvalue weighted by atomic mass is 9.97. The van der Waals surface area contributed by atoms with Crippen molar-refractivity contribution in [3.63, 3.8) is 0 Å². The molecule has 0 saturated carbocycles. The van der Waals surface area contributed by atoms with Crippen LogP contribution < -0.4 is 0 Å². The van der Waals surface area contributed by atoms with E-state index in [-0.39, 0.29) is 12.1 Å². The highest BCUT2D eigenvalue weighted by Crippen LogP contribution is 2.23. The highest BCUT2D eigenvalue weighted by atomic mass is 79.9. The van der Waals surface area contributed by atoms with Gasteiger partial charge in [-0.05, 0) is 51.8 Å². The van der Waals surface area contributed by atoms with E-state index < -0.39 is 0 Å². The molecule has 0 aromatic heterocycles. The molecule has 1 saturated heterocycles. The van der Waals surface area contributed by atoms with E-state index in [0.29, 0.717) is 17.6 Å². The Morgan fingerprint density at radius 3 is 2.67 bits per heavy atom. The Balaban J connectivity index is 1.92. The summed E-state index contributed by atoms with van der Waals surface area (Å²) in [6.07, 6.45) is 3.66. The summed E-state index contributed by atoms with van der Waals surface area (Å²) in [7, 11) is 0. The van der Waals surface area contributed by atoms with Crippen molar-refractivity contribution >= 4 is 21.9 Å². The van der Waals surface area contributed by atoms with Gasteiger partial charge in [0.1, 0.15) is 6.10 Å². The van der Waals surface area contributed by atoms with Crippen molar-refractivity contribution in [2.24, 2.45) is 0 Å². The number of ether oxygens (including phenoxy) is 1. The van der Waals surface area contributed by atoms with Gasteiger partial charge in [-0.25, -0.2) is 4.79 Å². The molecule has 0 bridgehead atoms. The second-order valence-electron chi connectivity index (χ2n) is 6.05. The molecule has 1 aliphatic heterocycles. The van der Waals surface area contributed by atoms with Gasteiger partial charge in [-0.15, -0.1) is 0 Å². The van der Waals surface area contributed by atoms with Gasteiger partial charge in [0.05, 0.1) is 5.56 Å². The van der Waals surface area contributed by atoms with Gasteiger partial charge in [0.15, 0.2) is 0 Å². The summed E-state index contributed by atoms with van der Waals surface area (Å²) in [5.41, 5.74) is 0.593. The Morgan fingerprint density at radius 1 is 1.38 bits per heavy atom. The minimum atomic E-state index is -0.249. The third-order valence-electron chi connectivity index (χ3n) is 4.21. The van der Waals surface area contributed by atoms with Crippen LogP contribution in [0.2, 0.25) is 0 Å². The van der Waals surface area contributed by atoms with Gasteiger partial charge < -0.3 is 4.74 Å². The molecule has 0 spiro atoms. The molecule has 21 heavy (non-hydrogen) atoms. The van der Waals surface area contributed by atoms with E-state index in [1.807, 2.05) is 19.1 Å². The standard InChI is InChI=1S/C17H24BrNO2/c1-12-6-4-7-13(2)19(12)11-14(3)21-17(20)15-8-5-9-16(18)10-15/h5,8-10,12-14H,4,6-7,11H2,1-3H3/t12-,13+,14-/m1/s1. The van der Waals surface area contributed by atoms with Crippen LogP contribution in [0.3, 0.4) is 0 Å². The van der Waals surface area contributed by atoms with Crippen LogP contribution in [0.4, 0.5) is 0 Å². The molecule has 0 radical (unpaired) electrons. The normalized spacial score (nSPS) is 24.6. The molecule has 116 valence electrons. The van der Waals surface area contributed by atoms with Crippen LogP contribution in [0.1, 0.15) is 50.4 Å². The van der Waals surface area contributed by atoms with Gasteiger partial charge >= 0.3 is 5.97 Å². The lowest BCUT2D eigenvalue weighted by molar-refractivity contribution is 0.00811. The SMILES string of the molecule is C[C@H](CN1[C@H](C)CCC[C@@H]1C)OC(=O)c1cccc(Br)c1. The molecule has 1 aromatic rings. The van der Waals surface area contributed by atoms with Crippen molar-refractivity contribution < 1.29 is 9.53 Å². The summed E-state index contributed by atoms with van der Waals surface area (Å²) >= 11 is 3.38. The van der Waals surface area contributed by atoms with Crippen LogP contribution in [-0.2, 0) is 4.74 Å². The van der Waals surface area contributed by atoms with Crippen molar-refractivity contribution in [3.05, 3.63) is 34.3 Å². The summed E-state index contributed by atoms with van der Waals surface area (Å²) in [6.45, 7) is 7.31. The summed E-state index contributed by atoms with van der Waals surface area (Å²) in [6, 6.07) is 8.46. The van der Waals surface area contributed by atoms with E-state index in [1.165, 1.54) is 19.3 Å². The second kappa shape index (κ2) is 7.41. The van der Waals surface area contributed by atoms with E-state index in [4.69, 9.17) is 4.74 Å². The van der Waals surface area contributed by atoms with E-state index in [2.05, 4.69) is 34.7 Å². The highest BCUT2D eigenvalue weighted by Gasteiger charge is 2.26. The molecule has 0 aliphatic carbocycles. The topological polar surface area (TPSA) is 29.5 Å². The van der Waals surface area contributed by atoms with Gasteiger partial charge in [-0.1, -0.05) is 28.4 Å². The Labute approximate surface area is 135 Å². The third-order valence-corrected chi connectivity index (χ3v) is 4.71. The lowest BCUT2D eigenvalue weighted by Gasteiger charge is -2.40. The molecule has 4 heteroatoms. The predicted octanol–water partition coefficient (Wildman–Crippen LogP) is 4.26. The van der Waals surface area contributed by atoms with Crippen molar-refractivity contribution in [3.8, 4) is 0 Å². The summed E-state index contributed by atoms with van der Waals surface area (Å²) in [5.74, 6) is -0.249. The maximum atomic E-state index is 12.2. The first-order valence-electron chi connectivity index (χ1n) is 7.69. The van der Waals surface area contributed by atoms with Crippen LogP contribution in [0, 0.1) is 0 Å². The number of likely N-dealkylation sites (tertiary alicyclic amines) is 1. The lowest BCUT2D eigenvalue weighted by Crippen LogP contribution is -2.47. The fourth-order valence-corrected chi connectivity index (χ4v) is 3.43. The maximum absolute atomic E-state index is 12.2. The molecule has 3 atom stereocenters. The number of hydrogen-bond donors (Lipinski definition) is 0. The van der Waals surface area contributed by atoms with Gasteiger partial charge in [0.2, 0.25) is 0 Å². The van der Waals surface area contributed by atoms with Crippen LogP contribution >= 0.6 is 15.9 Å². The number of halogens is 1. The Morgan fingerprint density at radius 2 is 2.05 bits per heavy atom. The van der Waals surface area contributed by atoms with Crippen molar-refractivity contribution in [2.75, 3.05) is 6.54 Å². The van der Waals surface area contributed by atoms with E-state index in [9.17, 15) is 4.79 Å². The first-order valence-corrected chi connectivity index (χ1v) is 8.49. The van der Waals surface area contributed by atoms with Crippen molar-refractivity contribution in [1.82, 2.24) is 4.90 Å². The molecule has 0 unspecified atom stereocenters. The zero-order valence-electron chi connectivity index (χ0n) is 13.0. The van der Waals surface area contributed by atoms with Gasteiger partial charge in [-0.3, -0.25) is 4.90 Å². The number of carbonyl (C=O) groups is 1. The van der Waals surface area contributed by atoms with Crippen LogP contribution in [0.25, 0.3) is 0 Å². The zero-order valence-corrected chi connectivity index (χ0v) is 14.6. The van der Waals surface area contributed by atoms with Gasteiger partial charge in [0.25, 0.3) is 0 Å². The number of piperidine rings is 1. The van der Waals surface area contributed by atoms with Gasteiger partial charge in [0, 0.05) is 23.1 Å². The molecule has 1 aromatic carbocycles. The monoisotopic (exact) mass is 353 g/mol. The van der Waals surface area contributed by atoms with E-state index >= 15 is 0 Å². The number of carbonyl (C=O) groups excluding carboxylic acids is 1. The molecule has 1 aliphatic rings. The molecular weight excluding hydrogens is 330 g/mol. The minimum absolute atomic E-state index is 0.0977. The summed E-state index contributed by atoms with van der Waals surface area (Å²) < 4.78 is 6.48. The molecular formula is C17H24BrNO2. The summed E-state index contributed by atoms with van der Waals surface area (Å²) in [5, 5.41) is 0. The van der Waals surface area contributed by atoms with E-state index in [0.717, 1.165) is 11.0 Å². The molecule has 0 N–H and O–H groups in total. The molecule has 0 amide bonds. The number of rotatable bonds is 4. The molecule has 2 rings (SSSR count). The smallest absolute Gasteiger partial charge is 0.338 e.